The highest BCUT2D eigenvalue weighted by Crippen LogP contribution is 2.63. The molecule has 7 nitrogen and oxygen atoms in total. The second-order valence-corrected chi connectivity index (χ2v) is 11.8. The molecule has 5 aliphatic carbocycles. The molecule has 0 aromatic carbocycles. The van der Waals surface area contributed by atoms with E-state index >= 15 is 0 Å². The molecule has 33 heavy (non-hydrogen) atoms. The molecule has 8 heteroatoms. The van der Waals surface area contributed by atoms with E-state index in [0.717, 1.165) is 35.8 Å². The maximum Gasteiger partial charge on any atom is 0.330 e. The largest absolute Gasteiger partial charge is 0.373 e. The monoisotopic (exact) mass is 467 g/mol. The van der Waals surface area contributed by atoms with E-state index in [4.69, 9.17) is 21.3 Å². The van der Waals surface area contributed by atoms with Crippen molar-refractivity contribution < 1.29 is 4.74 Å². The second kappa shape index (κ2) is 6.95. The molecule has 4 atom stereocenters. The summed E-state index contributed by atoms with van der Waals surface area (Å²) in [4.78, 5) is 22.9. The lowest BCUT2D eigenvalue weighted by atomic mass is 9.48. The minimum atomic E-state index is 0.0276. The molecule has 174 valence electrons. The van der Waals surface area contributed by atoms with Gasteiger partial charge in [0.25, 0.3) is 0 Å². The van der Waals surface area contributed by atoms with Crippen LogP contribution in [0.1, 0.15) is 51.5 Å². The lowest BCUT2D eigenvalue weighted by molar-refractivity contribution is -0.0793. The third-order valence-electron chi connectivity index (χ3n) is 9.04. The number of hydrogen-bond donors (Lipinski definition) is 1. The first kappa shape index (κ1) is 20.3. The molecule has 8 rings (SSSR count). The molecule has 2 aromatic rings. The molecule has 6 aliphatic rings. The highest BCUT2D eigenvalue weighted by Gasteiger charge is 2.54. The number of allylic oxidation sites excluding steroid dienone is 1. The van der Waals surface area contributed by atoms with E-state index in [1.807, 2.05) is 17.7 Å². The molecule has 4 bridgehead atoms. The van der Waals surface area contributed by atoms with Gasteiger partial charge in [0, 0.05) is 25.6 Å². The van der Waals surface area contributed by atoms with Crippen LogP contribution in [-0.2, 0) is 11.8 Å². The molecule has 4 unspecified atom stereocenters. The first-order valence-corrected chi connectivity index (χ1v) is 12.7. The maximum atomic E-state index is 13.5. The van der Waals surface area contributed by atoms with E-state index in [9.17, 15) is 4.79 Å². The van der Waals surface area contributed by atoms with Gasteiger partial charge in [-0.15, -0.1) is 0 Å². The summed E-state index contributed by atoms with van der Waals surface area (Å²) >= 11 is 6.53. The van der Waals surface area contributed by atoms with Gasteiger partial charge in [-0.2, -0.15) is 4.98 Å². The summed E-state index contributed by atoms with van der Waals surface area (Å²) in [5, 5.41) is 3.95. The van der Waals surface area contributed by atoms with Crippen LogP contribution in [0.15, 0.2) is 33.9 Å². The average molecular weight is 468 g/mol. The Morgan fingerprint density at radius 1 is 1.21 bits per heavy atom. The van der Waals surface area contributed by atoms with Crippen molar-refractivity contribution in [3.8, 4) is 0 Å². The van der Waals surface area contributed by atoms with Crippen LogP contribution in [0.5, 0.6) is 0 Å². The second-order valence-electron chi connectivity index (χ2n) is 11.4. The van der Waals surface area contributed by atoms with E-state index in [0.29, 0.717) is 34.1 Å². The number of ether oxygens (including phenoxy) is 1. The summed E-state index contributed by atoms with van der Waals surface area (Å²) in [6.45, 7) is 3.21. The van der Waals surface area contributed by atoms with Crippen LogP contribution in [0.25, 0.3) is 11.2 Å². The summed E-state index contributed by atoms with van der Waals surface area (Å²) in [5.74, 6) is 2.76. The van der Waals surface area contributed by atoms with Gasteiger partial charge in [0.15, 0.2) is 5.65 Å². The number of fused-ring (bicyclic) bond motifs is 2. The third kappa shape index (κ3) is 3.01. The van der Waals surface area contributed by atoms with Gasteiger partial charge < -0.3 is 10.1 Å². The predicted molar refractivity (Wildman–Crippen MR) is 127 cm³/mol. The number of aryl methyl sites for hydroxylation is 1. The van der Waals surface area contributed by atoms with E-state index in [-0.39, 0.29) is 17.8 Å². The zero-order valence-electron chi connectivity index (χ0n) is 19.1. The van der Waals surface area contributed by atoms with Crippen molar-refractivity contribution in [1.82, 2.24) is 19.1 Å². The number of halogens is 1. The summed E-state index contributed by atoms with van der Waals surface area (Å²) in [7, 11) is 1.83. The summed E-state index contributed by atoms with van der Waals surface area (Å²) in [6.07, 6.45) is 13.2. The number of nitrogens with zero attached hydrogens (tertiary/aromatic N) is 4. The van der Waals surface area contributed by atoms with Crippen molar-refractivity contribution in [2.24, 2.45) is 36.1 Å². The number of hydrogen-bond acceptors (Lipinski definition) is 5. The molecular formula is C25H30ClN5O2. The van der Waals surface area contributed by atoms with Gasteiger partial charge in [0.1, 0.15) is 5.52 Å². The van der Waals surface area contributed by atoms with Gasteiger partial charge in [-0.1, -0.05) is 24.6 Å². The Bertz CT molecular complexity index is 1260. The van der Waals surface area contributed by atoms with Gasteiger partial charge in [-0.3, -0.25) is 9.13 Å². The highest BCUT2D eigenvalue weighted by molar-refractivity contribution is 6.32. The number of rotatable bonds is 3. The molecule has 1 saturated heterocycles. The van der Waals surface area contributed by atoms with E-state index in [1.165, 1.54) is 32.1 Å². The quantitative estimate of drug-likeness (QED) is 0.726. The molecule has 2 aromatic heterocycles. The van der Waals surface area contributed by atoms with E-state index in [1.54, 1.807) is 10.8 Å². The Balaban J connectivity index is 1.28. The van der Waals surface area contributed by atoms with E-state index in [2.05, 4.69) is 23.3 Å². The number of nitrogens with one attached hydrogen (secondary N) is 1. The minimum Gasteiger partial charge on any atom is -0.373 e. The Hall–Kier alpha value is -2.12. The fourth-order valence-corrected chi connectivity index (χ4v) is 8.25. The predicted octanol–water partition coefficient (Wildman–Crippen LogP) is 4.35. The van der Waals surface area contributed by atoms with Crippen LogP contribution in [0.4, 0.5) is 5.95 Å². The normalized spacial score (nSPS) is 39.0. The van der Waals surface area contributed by atoms with Gasteiger partial charge in [0.05, 0.1) is 23.0 Å². The molecule has 5 fully saturated rings. The van der Waals surface area contributed by atoms with Gasteiger partial charge in [-0.25, -0.2) is 9.78 Å². The summed E-state index contributed by atoms with van der Waals surface area (Å²) < 4.78 is 9.44. The Kier molecular flexibility index (Phi) is 4.27. The zero-order valence-corrected chi connectivity index (χ0v) is 19.9. The smallest absolute Gasteiger partial charge is 0.330 e. The van der Waals surface area contributed by atoms with Crippen LogP contribution in [-0.4, -0.2) is 31.8 Å². The lowest BCUT2D eigenvalue weighted by Crippen LogP contribution is -2.51. The van der Waals surface area contributed by atoms with Crippen molar-refractivity contribution in [1.29, 1.82) is 0 Å². The Morgan fingerprint density at radius 3 is 2.76 bits per heavy atom. The topological polar surface area (TPSA) is 74.0 Å². The maximum absolute atomic E-state index is 13.5. The fourth-order valence-electron chi connectivity index (χ4n) is 8.02. The molecule has 0 amide bonds. The SMILES string of the molecule is Cn1c(=O)n(C2C3CC4CC2CC(C)(C4)C3)c2nc(NC3=CC4CCOC4C=C3Cl)ncc21. The molecule has 4 saturated carbocycles. The first-order chi connectivity index (χ1) is 15.9. The van der Waals surface area contributed by atoms with E-state index < -0.39 is 0 Å². The minimum absolute atomic E-state index is 0.0276. The van der Waals surface area contributed by atoms with Crippen LogP contribution < -0.4 is 11.0 Å². The van der Waals surface area contributed by atoms with Crippen LogP contribution in [0.2, 0.25) is 0 Å². The van der Waals surface area contributed by atoms with Crippen molar-refractivity contribution in [2.75, 3.05) is 11.9 Å². The first-order valence-electron chi connectivity index (χ1n) is 12.3. The van der Waals surface area contributed by atoms with Gasteiger partial charge in [0.2, 0.25) is 5.95 Å². The molecular weight excluding hydrogens is 438 g/mol. The zero-order chi connectivity index (χ0) is 22.5. The number of aromatic nitrogens is 4. The molecule has 3 heterocycles. The molecule has 1 N–H and O–H groups in total. The molecule has 0 radical (unpaired) electrons. The van der Waals surface area contributed by atoms with Gasteiger partial charge in [-0.05, 0) is 67.8 Å². The van der Waals surface area contributed by atoms with Crippen molar-refractivity contribution in [3.63, 3.8) is 0 Å². The third-order valence-corrected chi connectivity index (χ3v) is 9.37. The van der Waals surface area contributed by atoms with Crippen LogP contribution in [0.3, 0.4) is 0 Å². The molecule has 0 spiro atoms. The van der Waals surface area contributed by atoms with Crippen LogP contribution >= 0.6 is 11.6 Å². The Labute approximate surface area is 197 Å². The van der Waals surface area contributed by atoms with Crippen molar-refractivity contribution in [3.05, 3.63) is 39.6 Å². The Morgan fingerprint density at radius 2 is 2.00 bits per heavy atom. The van der Waals surface area contributed by atoms with Gasteiger partial charge >= 0.3 is 5.69 Å². The molecule has 1 aliphatic heterocycles. The average Bonchev–Trinajstić information content (AvgIpc) is 3.30. The van der Waals surface area contributed by atoms with Crippen molar-refractivity contribution >= 4 is 28.7 Å². The summed E-state index contributed by atoms with van der Waals surface area (Å²) in [5.41, 5.74) is 2.83. The highest BCUT2D eigenvalue weighted by atomic mass is 35.5. The number of imidazole rings is 1. The fraction of sp³-hybridized carbons (Fsp3) is 0.640. The number of anilines is 1. The lowest BCUT2D eigenvalue weighted by Gasteiger charge is -2.59. The van der Waals surface area contributed by atoms with Crippen LogP contribution in [0, 0.1) is 29.1 Å². The summed E-state index contributed by atoms with van der Waals surface area (Å²) in [6, 6.07) is 0.238. The van der Waals surface area contributed by atoms with Crippen molar-refractivity contribution in [2.45, 2.75) is 57.6 Å². The standard InChI is InChI=1S/C25H30ClN5O2/c1-25-9-13-5-15(10-25)21(16(6-13)11-25)31-22-19(30(2)24(31)32)12-27-23(29-22)28-18-7-14-3-4-33-20(14)8-17(18)26/h7-8,12-16,20-21H,3-6,9-11H2,1-2H3,(H,27,28,29).